The molecule has 1 aliphatic rings. The first-order valence-electron chi connectivity index (χ1n) is 22.3. The number of fused-ring (bicyclic) bond motifs is 1. The number of carboxylic acids is 3. The van der Waals surface area contributed by atoms with Gasteiger partial charge in [0.25, 0.3) is 0 Å². The van der Waals surface area contributed by atoms with Gasteiger partial charge in [0.15, 0.2) is 0 Å². The van der Waals surface area contributed by atoms with Gasteiger partial charge >= 0.3 is 17.9 Å². The van der Waals surface area contributed by atoms with Crippen molar-refractivity contribution in [3.8, 4) is 0 Å². The highest BCUT2D eigenvalue weighted by atomic mass is 32.1. The third kappa shape index (κ3) is 17.2. The lowest BCUT2D eigenvalue weighted by atomic mass is 10.00. The molecule has 2 heterocycles. The molecule has 0 saturated carbocycles. The van der Waals surface area contributed by atoms with Crippen molar-refractivity contribution in [3.63, 3.8) is 0 Å². The third-order valence-electron chi connectivity index (χ3n) is 11.2. The van der Waals surface area contributed by atoms with E-state index in [0.717, 1.165) is 4.90 Å². The van der Waals surface area contributed by atoms with Crippen LogP contribution in [0, 0.1) is 5.92 Å². The van der Waals surface area contributed by atoms with Gasteiger partial charge in [-0.3, -0.25) is 52.7 Å². The zero-order valence-corrected chi connectivity index (χ0v) is 39.9. The Balaban J connectivity index is 1.83. The lowest BCUT2D eigenvalue weighted by molar-refractivity contribution is -0.144. The zero-order chi connectivity index (χ0) is 53.3. The Hall–Kier alpha value is -7.33. The summed E-state index contributed by atoms with van der Waals surface area (Å²) in [4.78, 5) is 158. The molecule has 1 aromatic heterocycles. The fourth-order valence-electron chi connectivity index (χ4n) is 7.37. The maximum Gasteiger partial charge on any atom is 0.326 e. The van der Waals surface area contributed by atoms with E-state index in [9.17, 15) is 78.0 Å². The number of hydrogen-bond acceptors (Lipinski definition) is 15. The molecule has 390 valence electrons. The zero-order valence-electron chi connectivity index (χ0n) is 39.0. The molecule has 0 aliphatic carbocycles. The Kier molecular flexibility index (Phi) is 22.2. The second-order valence-corrected chi connectivity index (χ2v) is 17.4. The van der Waals surface area contributed by atoms with Crippen molar-refractivity contribution in [2.24, 2.45) is 17.4 Å². The van der Waals surface area contributed by atoms with E-state index in [2.05, 4.69) is 49.5 Å². The number of carbonyl (C=O) groups is 12. The number of amides is 9. The summed E-state index contributed by atoms with van der Waals surface area (Å²) in [5.74, 6) is -14.2. The number of aliphatic hydroxyl groups excluding tert-OH is 1. The number of aromatic amines is 1. The van der Waals surface area contributed by atoms with Crippen LogP contribution in [-0.4, -0.2) is 175 Å². The predicted molar refractivity (Wildman–Crippen MR) is 250 cm³/mol. The van der Waals surface area contributed by atoms with Crippen LogP contribution in [0.15, 0.2) is 30.5 Å². The Labute approximate surface area is 411 Å². The molecule has 0 spiro atoms. The summed E-state index contributed by atoms with van der Waals surface area (Å²) in [6.45, 7) is 3.35. The number of rotatable bonds is 28. The molecule has 0 radical (unpaired) electrons. The number of likely N-dealkylation sites (tertiary alicyclic amines) is 1. The summed E-state index contributed by atoms with van der Waals surface area (Å²) < 4.78 is 0. The van der Waals surface area contributed by atoms with Crippen molar-refractivity contribution in [3.05, 3.63) is 36.0 Å². The van der Waals surface area contributed by atoms with Crippen LogP contribution < -0.4 is 48.7 Å². The number of para-hydroxylation sites is 1. The van der Waals surface area contributed by atoms with Gasteiger partial charge in [0, 0.05) is 42.2 Å². The van der Waals surface area contributed by atoms with Crippen LogP contribution in [0.5, 0.6) is 0 Å². The highest BCUT2D eigenvalue weighted by Gasteiger charge is 2.41. The molecule has 9 amide bonds. The van der Waals surface area contributed by atoms with Gasteiger partial charge in [0.05, 0.1) is 25.5 Å². The minimum atomic E-state index is -1.81. The van der Waals surface area contributed by atoms with E-state index < -0.39 is 164 Å². The number of hydrogen-bond donors (Lipinski definition) is 15. The quantitative estimate of drug-likeness (QED) is 0.0356. The summed E-state index contributed by atoms with van der Waals surface area (Å²) in [6, 6.07) is -6.64. The molecule has 3 rings (SSSR count). The lowest BCUT2D eigenvalue weighted by Crippen LogP contribution is -2.61. The molecule has 1 fully saturated rings. The van der Waals surface area contributed by atoms with Crippen molar-refractivity contribution in [1.82, 2.24) is 47.1 Å². The molecule has 1 saturated heterocycles. The van der Waals surface area contributed by atoms with Crippen LogP contribution in [0.2, 0.25) is 0 Å². The van der Waals surface area contributed by atoms with Gasteiger partial charge in [-0.25, -0.2) is 4.79 Å². The van der Waals surface area contributed by atoms with E-state index in [1.165, 1.54) is 6.92 Å². The molecule has 1 aromatic carbocycles. The Morgan fingerprint density at radius 3 is 1.92 bits per heavy atom. The van der Waals surface area contributed by atoms with Crippen LogP contribution in [0.3, 0.4) is 0 Å². The number of H-pyrrole nitrogens is 1. The van der Waals surface area contributed by atoms with E-state index in [-0.39, 0.29) is 31.6 Å². The van der Waals surface area contributed by atoms with E-state index in [1.54, 1.807) is 44.3 Å². The topological polar surface area (TPSA) is 441 Å². The molecule has 0 unspecified atom stereocenters. The van der Waals surface area contributed by atoms with Gasteiger partial charge in [-0.05, 0) is 43.7 Å². The van der Waals surface area contributed by atoms with Crippen molar-refractivity contribution in [2.75, 3.05) is 18.9 Å². The summed E-state index contributed by atoms with van der Waals surface area (Å²) >= 11 is 3.91. The molecule has 28 heteroatoms. The van der Waals surface area contributed by atoms with Gasteiger partial charge in [-0.1, -0.05) is 32.0 Å². The fourth-order valence-corrected chi connectivity index (χ4v) is 7.53. The molecule has 9 atom stereocenters. The van der Waals surface area contributed by atoms with E-state index in [4.69, 9.17) is 11.5 Å². The second-order valence-electron chi connectivity index (χ2n) is 17.0. The summed E-state index contributed by atoms with van der Waals surface area (Å²) in [5, 5.41) is 55.3. The highest BCUT2D eigenvalue weighted by molar-refractivity contribution is 7.80. The number of aliphatic carboxylic acids is 3. The van der Waals surface area contributed by atoms with Gasteiger partial charge < -0.3 is 79.0 Å². The SMILES string of the molecule is CC(C)[C@H](NC(=O)[C@@H]1CCCN1C(=O)[C@H](CO)NC(=O)[C@H](CC(=O)O)NC(=O)[C@@H](N)CS)C(=O)N[C@@H](Cc1c[nH]c2ccccc12)C(=O)N[C@@H](C)C(=O)N[C@@H](CCC(=O)O)C(=O)N[C@@H](CC(N)=O)C(=O)O. The minimum Gasteiger partial charge on any atom is -0.481 e. The number of aliphatic hydroxyl groups is 1. The maximum absolute atomic E-state index is 14.2. The number of aromatic nitrogens is 1. The number of thiol groups is 1. The molecule has 1 aliphatic heterocycles. The summed E-state index contributed by atoms with van der Waals surface area (Å²) in [5.41, 5.74) is 11.9. The molecule has 71 heavy (non-hydrogen) atoms. The Morgan fingerprint density at radius 2 is 1.32 bits per heavy atom. The van der Waals surface area contributed by atoms with Crippen LogP contribution in [0.1, 0.15) is 64.9 Å². The molecule has 0 bridgehead atoms. The predicted octanol–water partition coefficient (Wildman–Crippen LogP) is -4.68. The van der Waals surface area contributed by atoms with Crippen LogP contribution in [0.25, 0.3) is 10.9 Å². The molecular formula is C43H61N11O16S. The van der Waals surface area contributed by atoms with E-state index >= 15 is 0 Å². The minimum absolute atomic E-state index is 0.0321. The molecule has 16 N–H and O–H groups in total. The number of carboxylic acid groups (broad SMARTS) is 3. The normalized spacial score (nSPS) is 16.7. The number of primary amides is 1. The lowest BCUT2D eigenvalue weighted by Gasteiger charge is -2.31. The molecule has 27 nitrogen and oxygen atoms in total. The van der Waals surface area contributed by atoms with Gasteiger partial charge in [0.1, 0.15) is 48.3 Å². The van der Waals surface area contributed by atoms with Crippen molar-refractivity contribution < 1.29 is 78.0 Å². The molecule has 2 aromatic rings. The first-order valence-corrected chi connectivity index (χ1v) is 22.9. The first kappa shape index (κ1) is 58.0. The average Bonchev–Trinajstić information content (AvgIpc) is 3.97. The first-order chi connectivity index (χ1) is 33.4. The number of nitrogens with two attached hydrogens (primary N) is 2. The van der Waals surface area contributed by atoms with Crippen LogP contribution >= 0.6 is 12.6 Å². The number of nitrogens with one attached hydrogen (secondary N) is 8. The summed E-state index contributed by atoms with van der Waals surface area (Å²) in [7, 11) is 0. The van der Waals surface area contributed by atoms with E-state index in [1.807, 2.05) is 5.32 Å². The van der Waals surface area contributed by atoms with Gasteiger partial charge in [-0.15, -0.1) is 0 Å². The smallest absolute Gasteiger partial charge is 0.326 e. The second kappa shape index (κ2) is 27.2. The van der Waals surface area contributed by atoms with Gasteiger partial charge in [-0.2, -0.15) is 12.6 Å². The van der Waals surface area contributed by atoms with Crippen LogP contribution in [0.4, 0.5) is 0 Å². The fraction of sp³-hybridized carbons (Fsp3) is 0.535. The van der Waals surface area contributed by atoms with E-state index in [0.29, 0.717) is 16.5 Å². The Bertz CT molecular complexity index is 2330. The maximum atomic E-state index is 14.2. The monoisotopic (exact) mass is 1020 g/mol. The number of nitrogens with zero attached hydrogens (tertiary/aromatic N) is 1. The number of carbonyl (C=O) groups excluding carboxylic acids is 9. The molecular weight excluding hydrogens is 959 g/mol. The van der Waals surface area contributed by atoms with Crippen molar-refractivity contribution in [1.29, 1.82) is 0 Å². The summed E-state index contributed by atoms with van der Waals surface area (Å²) in [6.07, 6.45) is -1.17. The van der Waals surface area contributed by atoms with Crippen molar-refractivity contribution in [2.45, 2.75) is 120 Å². The van der Waals surface area contributed by atoms with Gasteiger partial charge in [0.2, 0.25) is 53.2 Å². The number of benzene rings is 1. The largest absolute Gasteiger partial charge is 0.481 e. The average molecular weight is 1020 g/mol. The van der Waals surface area contributed by atoms with Crippen LogP contribution in [-0.2, 0) is 64.0 Å². The third-order valence-corrected chi connectivity index (χ3v) is 11.6. The Morgan fingerprint density at radius 1 is 0.732 bits per heavy atom. The van der Waals surface area contributed by atoms with Crippen molar-refractivity contribution >= 4 is 94.6 Å². The standard InChI is InChI=1S/C43H61N11O16S/c1-19(2)34(53-40(66)30-9-6-12-54(30)42(68)29(17-55)52-39(65)27(15-33(59)60)49-36(62)23(44)18-71)41(67)50-26(13-21-16-46-24-8-5-4-7-22(21)24)38(64)47-20(3)35(61)48-25(10-11-32(57)58)37(63)51-28(43(69)70)14-31(45)56/h4-5,7-8,16,19-20,23,25-30,34,46,55,71H,6,9-15,17-18,44H2,1-3H3,(H2,45,56)(H,47,64)(H,48,61)(H,49,62)(H,50,67)(H,51,63)(H,52,65)(H,53,66)(H,57,58)(H,59,60)(H,69,70)/t20-,23-,25-,26-,27-,28-,29-,30-,34-/m0/s1. The highest BCUT2D eigenvalue weighted by Crippen LogP contribution is 2.21.